The normalized spacial score (nSPS) is 11.4. The SMILES string of the molecule is c1ccc(-c2ccc(N(c3ccc(-c4ccc5ccccc5c4)cc3)c3c(-c4cccc5ccccc45)c4ccccc4c4ccccc34)cc2)cc1. The molecule has 0 saturated carbocycles. The molecule has 0 aliphatic heterocycles. The maximum atomic E-state index is 2.48. The Bertz CT molecular complexity index is 2920. The van der Waals surface area contributed by atoms with E-state index in [1.54, 1.807) is 0 Å². The number of benzene rings is 10. The van der Waals surface area contributed by atoms with Crippen LogP contribution in [-0.2, 0) is 0 Å². The van der Waals surface area contributed by atoms with Gasteiger partial charge < -0.3 is 4.90 Å². The van der Waals surface area contributed by atoms with Crippen molar-refractivity contribution in [3.63, 3.8) is 0 Å². The van der Waals surface area contributed by atoms with E-state index in [4.69, 9.17) is 0 Å². The van der Waals surface area contributed by atoms with Crippen LogP contribution in [0.15, 0.2) is 212 Å². The van der Waals surface area contributed by atoms with E-state index in [-0.39, 0.29) is 0 Å². The molecule has 1 heteroatoms. The molecule has 0 N–H and O–H groups in total. The van der Waals surface area contributed by atoms with Crippen LogP contribution in [0.2, 0.25) is 0 Å². The summed E-state index contributed by atoms with van der Waals surface area (Å²) in [6.07, 6.45) is 0. The van der Waals surface area contributed by atoms with Gasteiger partial charge >= 0.3 is 0 Å². The van der Waals surface area contributed by atoms with Gasteiger partial charge in [0.1, 0.15) is 0 Å². The van der Waals surface area contributed by atoms with Gasteiger partial charge in [-0.05, 0) is 95.9 Å². The van der Waals surface area contributed by atoms with Gasteiger partial charge in [0.2, 0.25) is 0 Å². The monoisotopic (exact) mass is 673 g/mol. The minimum Gasteiger partial charge on any atom is -0.309 e. The molecule has 0 heterocycles. The lowest BCUT2D eigenvalue weighted by Gasteiger charge is -2.31. The Labute approximate surface area is 309 Å². The predicted molar refractivity (Wildman–Crippen MR) is 227 cm³/mol. The van der Waals surface area contributed by atoms with E-state index >= 15 is 0 Å². The lowest BCUT2D eigenvalue weighted by atomic mass is 9.88. The number of anilines is 3. The molecule has 53 heavy (non-hydrogen) atoms. The van der Waals surface area contributed by atoms with Crippen LogP contribution >= 0.6 is 0 Å². The first-order valence-electron chi connectivity index (χ1n) is 18.3. The van der Waals surface area contributed by atoms with Crippen LogP contribution in [0.1, 0.15) is 0 Å². The van der Waals surface area contributed by atoms with Crippen LogP contribution in [0.3, 0.4) is 0 Å². The standard InChI is InChI=1S/C52H35N/c1-2-13-36(14-3-1)38-27-31-43(32-28-38)53(44-33-29-39(30-34-44)42-26-25-37-15-4-5-17-41(37)35-42)52-50-23-11-9-21-47(50)46-20-8-10-22-49(46)51(52)48-24-12-18-40-16-6-7-19-45(40)48/h1-35H. The summed E-state index contributed by atoms with van der Waals surface area (Å²) in [4.78, 5) is 2.48. The molecule has 0 unspecified atom stereocenters. The van der Waals surface area contributed by atoms with Crippen LogP contribution in [0, 0.1) is 0 Å². The molecule has 10 rings (SSSR count). The van der Waals surface area contributed by atoms with Crippen LogP contribution in [0.5, 0.6) is 0 Å². The Morgan fingerprint density at radius 1 is 0.264 bits per heavy atom. The summed E-state index contributed by atoms with van der Waals surface area (Å²) in [7, 11) is 0. The van der Waals surface area contributed by atoms with Gasteiger partial charge in [0, 0.05) is 22.3 Å². The van der Waals surface area contributed by atoms with E-state index in [1.807, 2.05) is 0 Å². The highest BCUT2D eigenvalue weighted by Crippen LogP contribution is 2.50. The van der Waals surface area contributed by atoms with Crippen molar-refractivity contribution in [2.45, 2.75) is 0 Å². The zero-order valence-electron chi connectivity index (χ0n) is 29.2. The van der Waals surface area contributed by atoms with Gasteiger partial charge in [0.15, 0.2) is 0 Å². The second-order valence-corrected chi connectivity index (χ2v) is 13.7. The summed E-state index contributed by atoms with van der Waals surface area (Å²) >= 11 is 0. The second kappa shape index (κ2) is 13.0. The summed E-state index contributed by atoms with van der Waals surface area (Å²) in [5.74, 6) is 0. The van der Waals surface area contributed by atoms with Crippen molar-refractivity contribution in [1.29, 1.82) is 0 Å². The molecule has 0 amide bonds. The minimum absolute atomic E-state index is 1.10. The molecule has 10 aromatic rings. The van der Waals surface area contributed by atoms with Crippen molar-refractivity contribution in [2.75, 3.05) is 4.90 Å². The molecular formula is C52H35N. The second-order valence-electron chi connectivity index (χ2n) is 13.7. The van der Waals surface area contributed by atoms with Gasteiger partial charge in [-0.15, -0.1) is 0 Å². The fraction of sp³-hybridized carbons (Fsp3) is 0. The zero-order valence-corrected chi connectivity index (χ0v) is 29.2. The number of fused-ring (bicyclic) bond motifs is 5. The summed E-state index contributed by atoms with van der Waals surface area (Å²) in [6, 6.07) is 77.3. The van der Waals surface area contributed by atoms with Gasteiger partial charge in [0.05, 0.1) is 5.69 Å². The van der Waals surface area contributed by atoms with E-state index in [0.29, 0.717) is 0 Å². The highest BCUT2D eigenvalue weighted by Gasteiger charge is 2.24. The Hall–Kier alpha value is -6.96. The summed E-state index contributed by atoms with van der Waals surface area (Å²) < 4.78 is 0. The molecule has 0 aliphatic carbocycles. The third-order valence-electron chi connectivity index (χ3n) is 10.6. The van der Waals surface area contributed by atoms with Crippen molar-refractivity contribution in [3.05, 3.63) is 212 Å². The van der Waals surface area contributed by atoms with Crippen molar-refractivity contribution in [3.8, 4) is 33.4 Å². The minimum atomic E-state index is 1.10. The van der Waals surface area contributed by atoms with E-state index in [9.17, 15) is 0 Å². The van der Waals surface area contributed by atoms with Crippen molar-refractivity contribution < 1.29 is 0 Å². The van der Waals surface area contributed by atoms with Gasteiger partial charge in [-0.3, -0.25) is 0 Å². The molecule has 0 saturated heterocycles. The van der Waals surface area contributed by atoms with Gasteiger partial charge in [-0.25, -0.2) is 0 Å². The molecule has 1 nitrogen and oxygen atoms in total. The fourth-order valence-electron chi connectivity index (χ4n) is 8.08. The Kier molecular flexibility index (Phi) is 7.55. The fourth-order valence-corrected chi connectivity index (χ4v) is 8.08. The third-order valence-corrected chi connectivity index (χ3v) is 10.6. The van der Waals surface area contributed by atoms with E-state index in [1.165, 1.54) is 82.2 Å². The third kappa shape index (κ3) is 5.42. The topological polar surface area (TPSA) is 3.24 Å². The van der Waals surface area contributed by atoms with Crippen molar-refractivity contribution >= 4 is 60.2 Å². The quantitative estimate of drug-likeness (QED) is 0.159. The first-order chi connectivity index (χ1) is 26.3. The number of hydrogen-bond donors (Lipinski definition) is 0. The molecule has 0 spiro atoms. The highest BCUT2D eigenvalue weighted by molar-refractivity contribution is 6.24. The average Bonchev–Trinajstić information content (AvgIpc) is 3.24. The summed E-state index contributed by atoms with van der Waals surface area (Å²) in [5.41, 5.74) is 10.6. The number of hydrogen-bond acceptors (Lipinski definition) is 1. The predicted octanol–water partition coefficient (Wildman–Crippen LogP) is 14.8. The summed E-state index contributed by atoms with van der Waals surface area (Å²) in [6.45, 7) is 0. The van der Waals surface area contributed by atoms with Crippen LogP contribution < -0.4 is 4.90 Å². The maximum Gasteiger partial charge on any atom is 0.0625 e. The smallest absolute Gasteiger partial charge is 0.0625 e. The average molecular weight is 674 g/mol. The van der Waals surface area contributed by atoms with Crippen LogP contribution in [-0.4, -0.2) is 0 Å². The number of rotatable bonds is 6. The van der Waals surface area contributed by atoms with E-state index in [0.717, 1.165) is 11.4 Å². The molecule has 0 atom stereocenters. The van der Waals surface area contributed by atoms with Crippen LogP contribution in [0.25, 0.3) is 76.5 Å². The molecule has 0 aliphatic rings. The van der Waals surface area contributed by atoms with Gasteiger partial charge in [0.25, 0.3) is 0 Å². The Morgan fingerprint density at radius 3 is 1.43 bits per heavy atom. The largest absolute Gasteiger partial charge is 0.309 e. The molecule has 0 radical (unpaired) electrons. The number of nitrogens with zero attached hydrogens (tertiary/aromatic N) is 1. The molecular weight excluding hydrogens is 639 g/mol. The lowest BCUT2D eigenvalue weighted by Crippen LogP contribution is -2.12. The molecule has 248 valence electrons. The lowest BCUT2D eigenvalue weighted by molar-refractivity contribution is 1.30. The maximum absolute atomic E-state index is 2.48. The zero-order chi connectivity index (χ0) is 35.1. The van der Waals surface area contributed by atoms with Crippen molar-refractivity contribution in [2.24, 2.45) is 0 Å². The molecule has 0 aromatic heterocycles. The molecule has 10 aromatic carbocycles. The van der Waals surface area contributed by atoms with Crippen LogP contribution in [0.4, 0.5) is 17.1 Å². The Balaban J connectivity index is 1.25. The Morgan fingerprint density at radius 2 is 0.736 bits per heavy atom. The first-order valence-corrected chi connectivity index (χ1v) is 18.3. The van der Waals surface area contributed by atoms with Gasteiger partial charge in [-0.2, -0.15) is 0 Å². The van der Waals surface area contributed by atoms with E-state index in [2.05, 4.69) is 217 Å². The highest BCUT2D eigenvalue weighted by atomic mass is 15.1. The first kappa shape index (κ1) is 30.8. The molecule has 0 bridgehead atoms. The van der Waals surface area contributed by atoms with Gasteiger partial charge in [-0.1, -0.05) is 182 Å². The van der Waals surface area contributed by atoms with Crippen molar-refractivity contribution in [1.82, 2.24) is 0 Å². The molecule has 0 fully saturated rings. The summed E-state index contributed by atoms with van der Waals surface area (Å²) in [5, 5.41) is 9.89. The van der Waals surface area contributed by atoms with E-state index < -0.39 is 0 Å².